The van der Waals surface area contributed by atoms with E-state index in [1.807, 2.05) is 0 Å². The molecule has 2 heterocycles. The van der Waals surface area contributed by atoms with Crippen molar-refractivity contribution in [3.63, 3.8) is 0 Å². The van der Waals surface area contributed by atoms with Gasteiger partial charge in [0.25, 0.3) is 0 Å². The summed E-state index contributed by atoms with van der Waals surface area (Å²) in [6, 6.07) is 0. The van der Waals surface area contributed by atoms with Crippen molar-refractivity contribution >= 4 is 15.9 Å². The van der Waals surface area contributed by atoms with Crippen LogP contribution in [0.1, 0.15) is 51.4 Å². The maximum absolute atomic E-state index is 6.43. The van der Waals surface area contributed by atoms with Crippen LogP contribution >= 0.6 is 15.9 Å². The number of piperidine rings is 1. The molecule has 2 aliphatic heterocycles. The number of hydrogen-bond donors (Lipinski definition) is 0. The predicted octanol–water partition coefficient (Wildman–Crippen LogP) is 3.35. The van der Waals surface area contributed by atoms with E-state index < -0.39 is 0 Å². The smallest absolute Gasteiger partial charge is 0.0710 e. The molecule has 0 aromatic carbocycles. The van der Waals surface area contributed by atoms with Gasteiger partial charge in [0.1, 0.15) is 0 Å². The van der Waals surface area contributed by atoms with Gasteiger partial charge in [0.05, 0.1) is 24.4 Å². The van der Waals surface area contributed by atoms with Crippen LogP contribution in [0, 0.1) is 0 Å². The van der Waals surface area contributed by atoms with E-state index in [1.54, 1.807) is 0 Å². The minimum absolute atomic E-state index is 0.294. The molecule has 0 amide bonds. The van der Waals surface area contributed by atoms with Crippen LogP contribution in [0.25, 0.3) is 0 Å². The summed E-state index contributed by atoms with van der Waals surface area (Å²) in [5, 5.41) is 0.950. The zero-order chi connectivity index (χ0) is 13.8. The van der Waals surface area contributed by atoms with Gasteiger partial charge in [0.2, 0.25) is 0 Å². The highest BCUT2D eigenvalue weighted by Gasteiger charge is 2.42. The van der Waals surface area contributed by atoms with Crippen LogP contribution in [0.2, 0.25) is 0 Å². The second-order valence-corrected chi connectivity index (χ2v) is 7.52. The summed E-state index contributed by atoms with van der Waals surface area (Å²) >= 11 is 3.42. The molecule has 20 heavy (non-hydrogen) atoms. The molecule has 1 saturated carbocycles. The molecule has 1 unspecified atom stereocenters. The number of ether oxygens (including phenoxy) is 2. The molecular formula is C16H28BrNO2. The van der Waals surface area contributed by atoms with Gasteiger partial charge >= 0.3 is 0 Å². The molecule has 0 radical (unpaired) electrons. The number of nitrogens with zero attached hydrogens (tertiary/aromatic N) is 1. The second-order valence-electron chi connectivity index (χ2n) is 6.73. The highest BCUT2D eigenvalue weighted by Crippen LogP contribution is 2.43. The Kier molecular flexibility index (Phi) is 5.40. The van der Waals surface area contributed by atoms with Gasteiger partial charge in [-0.1, -0.05) is 28.8 Å². The van der Waals surface area contributed by atoms with E-state index in [2.05, 4.69) is 20.8 Å². The van der Waals surface area contributed by atoms with Crippen LogP contribution in [0.5, 0.6) is 0 Å². The number of rotatable bonds is 5. The maximum atomic E-state index is 6.43. The van der Waals surface area contributed by atoms with Crippen molar-refractivity contribution < 1.29 is 9.47 Å². The van der Waals surface area contributed by atoms with Gasteiger partial charge in [-0.25, -0.2) is 0 Å². The lowest BCUT2D eigenvalue weighted by atomic mass is 9.98. The second kappa shape index (κ2) is 7.08. The Morgan fingerprint density at radius 3 is 2.55 bits per heavy atom. The number of hydrogen-bond acceptors (Lipinski definition) is 3. The Morgan fingerprint density at radius 1 is 1.10 bits per heavy atom. The summed E-state index contributed by atoms with van der Waals surface area (Å²) in [6.07, 6.45) is 11.3. The molecule has 3 rings (SSSR count). The fourth-order valence-corrected chi connectivity index (χ4v) is 4.36. The van der Waals surface area contributed by atoms with Crippen molar-refractivity contribution in [3.8, 4) is 0 Å². The number of alkyl halides is 1. The standard InChI is InChI=1S/C16H28BrNO2/c17-9-12-19-14-4-10-18(11-5-14)13-15-3-8-16(20-15)6-1-2-7-16/h14-15H,1-13H2. The summed E-state index contributed by atoms with van der Waals surface area (Å²) < 4.78 is 12.2. The molecule has 0 bridgehead atoms. The average Bonchev–Trinajstić information content (AvgIpc) is 3.09. The van der Waals surface area contributed by atoms with E-state index in [1.165, 1.54) is 64.5 Å². The van der Waals surface area contributed by atoms with Crippen LogP contribution in [0.4, 0.5) is 0 Å². The highest BCUT2D eigenvalue weighted by molar-refractivity contribution is 9.09. The fraction of sp³-hybridized carbons (Fsp3) is 1.00. The van der Waals surface area contributed by atoms with E-state index in [4.69, 9.17) is 9.47 Å². The third-order valence-corrected chi connectivity index (χ3v) is 5.60. The van der Waals surface area contributed by atoms with E-state index in [0.717, 1.165) is 18.5 Å². The molecule has 0 aromatic rings. The molecule has 3 fully saturated rings. The molecular weight excluding hydrogens is 318 g/mol. The molecule has 2 saturated heterocycles. The number of halogens is 1. The summed E-state index contributed by atoms with van der Waals surface area (Å²) in [6.45, 7) is 4.35. The van der Waals surface area contributed by atoms with Crippen molar-refractivity contribution in [2.75, 3.05) is 31.6 Å². The van der Waals surface area contributed by atoms with Crippen LogP contribution in [0.15, 0.2) is 0 Å². The van der Waals surface area contributed by atoms with Gasteiger partial charge in [-0.3, -0.25) is 0 Å². The molecule has 1 atom stereocenters. The lowest BCUT2D eigenvalue weighted by Gasteiger charge is -2.34. The van der Waals surface area contributed by atoms with Gasteiger partial charge in [-0.15, -0.1) is 0 Å². The summed E-state index contributed by atoms with van der Waals surface area (Å²) in [5.74, 6) is 0. The minimum atomic E-state index is 0.294. The third-order valence-electron chi connectivity index (χ3n) is 5.28. The Balaban J connectivity index is 1.37. The molecule has 0 aromatic heterocycles. The first-order valence-corrected chi connectivity index (χ1v) is 9.50. The van der Waals surface area contributed by atoms with Crippen molar-refractivity contribution in [1.29, 1.82) is 0 Å². The summed E-state index contributed by atoms with van der Waals surface area (Å²) in [5.41, 5.74) is 0.294. The van der Waals surface area contributed by atoms with Crippen molar-refractivity contribution in [2.24, 2.45) is 0 Å². The van der Waals surface area contributed by atoms with Crippen molar-refractivity contribution in [2.45, 2.75) is 69.2 Å². The average molecular weight is 346 g/mol. The lowest BCUT2D eigenvalue weighted by Crippen LogP contribution is -2.41. The Morgan fingerprint density at radius 2 is 1.85 bits per heavy atom. The zero-order valence-electron chi connectivity index (χ0n) is 12.5. The Bertz CT molecular complexity index is 299. The predicted molar refractivity (Wildman–Crippen MR) is 84.5 cm³/mol. The van der Waals surface area contributed by atoms with Gasteiger partial charge < -0.3 is 14.4 Å². The summed E-state index contributed by atoms with van der Waals surface area (Å²) in [4.78, 5) is 2.59. The quantitative estimate of drug-likeness (QED) is 0.713. The molecule has 1 spiro atoms. The largest absolute Gasteiger partial charge is 0.377 e. The topological polar surface area (TPSA) is 21.7 Å². The normalized spacial score (nSPS) is 31.4. The first kappa shape index (κ1) is 15.3. The molecule has 3 nitrogen and oxygen atoms in total. The third kappa shape index (κ3) is 3.76. The molecule has 116 valence electrons. The Labute approximate surface area is 131 Å². The van der Waals surface area contributed by atoms with E-state index in [9.17, 15) is 0 Å². The van der Waals surface area contributed by atoms with Crippen LogP contribution < -0.4 is 0 Å². The monoisotopic (exact) mass is 345 g/mol. The first-order chi connectivity index (χ1) is 9.80. The molecule has 0 N–H and O–H groups in total. The summed E-state index contributed by atoms with van der Waals surface area (Å²) in [7, 11) is 0. The fourth-order valence-electron chi connectivity index (χ4n) is 4.17. The van der Waals surface area contributed by atoms with Gasteiger partial charge in [0, 0.05) is 25.0 Å². The first-order valence-electron chi connectivity index (χ1n) is 8.37. The minimum Gasteiger partial charge on any atom is -0.377 e. The maximum Gasteiger partial charge on any atom is 0.0710 e. The van der Waals surface area contributed by atoms with Crippen LogP contribution in [-0.2, 0) is 9.47 Å². The molecule has 3 aliphatic rings. The lowest BCUT2D eigenvalue weighted by molar-refractivity contribution is -0.0554. The van der Waals surface area contributed by atoms with Crippen LogP contribution in [-0.4, -0.2) is 54.3 Å². The van der Waals surface area contributed by atoms with E-state index in [0.29, 0.717) is 17.8 Å². The van der Waals surface area contributed by atoms with Crippen molar-refractivity contribution in [3.05, 3.63) is 0 Å². The molecule has 4 heteroatoms. The highest BCUT2D eigenvalue weighted by atomic mass is 79.9. The van der Waals surface area contributed by atoms with Gasteiger partial charge in [-0.05, 0) is 38.5 Å². The van der Waals surface area contributed by atoms with Crippen molar-refractivity contribution in [1.82, 2.24) is 4.90 Å². The Hall–Kier alpha value is 0.360. The SMILES string of the molecule is BrCCOC1CCN(CC2CCC3(CCCC3)O2)CC1. The number of likely N-dealkylation sites (tertiary alicyclic amines) is 1. The zero-order valence-corrected chi connectivity index (χ0v) is 14.1. The van der Waals surface area contributed by atoms with E-state index >= 15 is 0 Å². The van der Waals surface area contributed by atoms with E-state index in [-0.39, 0.29) is 0 Å². The van der Waals surface area contributed by atoms with Gasteiger partial charge in [0.15, 0.2) is 0 Å². The van der Waals surface area contributed by atoms with Crippen LogP contribution in [0.3, 0.4) is 0 Å². The molecule has 1 aliphatic carbocycles. The van der Waals surface area contributed by atoms with Gasteiger partial charge in [-0.2, -0.15) is 0 Å².